The second-order valence-corrected chi connectivity index (χ2v) is 7.99. The van der Waals surface area contributed by atoms with Crippen LogP contribution in [0.5, 0.6) is 5.75 Å². The molecule has 0 aliphatic heterocycles. The van der Waals surface area contributed by atoms with Crippen LogP contribution in [0.2, 0.25) is 5.02 Å². The molecule has 9 heteroatoms. The predicted molar refractivity (Wildman–Crippen MR) is 123 cm³/mol. The van der Waals surface area contributed by atoms with Gasteiger partial charge in [-0.1, -0.05) is 33.6 Å². The summed E-state index contributed by atoms with van der Waals surface area (Å²) >= 11 is 9.45. The van der Waals surface area contributed by atoms with Gasteiger partial charge in [0.25, 0.3) is 5.91 Å². The molecule has 3 aromatic rings. The van der Waals surface area contributed by atoms with E-state index in [0.29, 0.717) is 5.75 Å². The summed E-state index contributed by atoms with van der Waals surface area (Å²) in [6.07, 6.45) is 1.54. The van der Waals surface area contributed by atoms with Crippen molar-refractivity contribution in [1.82, 2.24) is 9.99 Å². The van der Waals surface area contributed by atoms with Crippen molar-refractivity contribution in [2.45, 2.75) is 13.8 Å². The maximum absolute atomic E-state index is 12.0. The number of benzene rings is 2. The van der Waals surface area contributed by atoms with Crippen molar-refractivity contribution < 1.29 is 19.4 Å². The Morgan fingerprint density at radius 1 is 1.23 bits per heavy atom. The molecule has 31 heavy (non-hydrogen) atoms. The molecule has 2 N–H and O–H groups in total. The van der Waals surface area contributed by atoms with Crippen molar-refractivity contribution in [2.24, 2.45) is 5.10 Å². The fraction of sp³-hybridized carbons (Fsp3) is 0.136. The van der Waals surface area contributed by atoms with Gasteiger partial charge in [-0.05, 0) is 56.3 Å². The summed E-state index contributed by atoms with van der Waals surface area (Å²) in [6, 6.07) is 13.9. The highest BCUT2D eigenvalue weighted by atomic mass is 79.9. The molecule has 0 saturated heterocycles. The molecular formula is C22H19BrClN3O4. The zero-order chi connectivity index (χ0) is 22.5. The minimum Gasteiger partial charge on any atom is -0.484 e. The molecule has 0 saturated carbocycles. The zero-order valence-electron chi connectivity index (χ0n) is 16.7. The molecule has 0 aliphatic carbocycles. The Labute approximate surface area is 192 Å². The summed E-state index contributed by atoms with van der Waals surface area (Å²) in [7, 11) is 0. The Morgan fingerprint density at radius 3 is 2.68 bits per heavy atom. The summed E-state index contributed by atoms with van der Waals surface area (Å²) in [4.78, 5) is 23.1. The van der Waals surface area contributed by atoms with Gasteiger partial charge in [0.1, 0.15) is 5.75 Å². The third-order valence-electron chi connectivity index (χ3n) is 4.47. The van der Waals surface area contributed by atoms with Crippen LogP contribution in [-0.2, 0) is 4.79 Å². The van der Waals surface area contributed by atoms with Gasteiger partial charge in [-0.2, -0.15) is 5.10 Å². The molecule has 0 atom stereocenters. The quantitative estimate of drug-likeness (QED) is 0.359. The SMILES string of the molecule is Cc1cc(/C=N/NC(=O)COc2cccc(Br)c2)c(C)n1-c1ccc(C(=O)O)c(Cl)c1. The standard InChI is InChI=1S/C22H19BrClN3O4/c1-13-8-15(11-25-26-21(28)12-31-18-5-3-4-16(23)9-18)14(2)27(13)17-6-7-19(22(29)30)20(24)10-17/h3-11H,12H2,1-2H3,(H,26,28)(H,29,30)/b25-11+. The van der Waals surface area contributed by atoms with Gasteiger partial charge in [-0.3, -0.25) is 4.79 Å². The molecule has 1 heterocycles. The van der Waals surface area contributed by atoms with Gasteiger partial charge in [-0.15, -0.1) is 0 Å². The third kappa shape index (κ3) is 5.53. The monoisotopic (exact) mass is 503 g/mol. The number of halogens is 2. The number of carboxylic acid groups (broad SMARTS) is 1. The number of nitrogens with zero attached hydrogens (tertiary/aromatic N) is 2. The Morgan fingerprint density at radius 2 is 2.00 bits per heavy atom. The number of hydrazone groups is 1. The van der Waals surface area contributed by atoms with Crippen molar-refractivity contribution >= 4 is 45.6 Å². The number of carboxylic acids is 1. The number of aryl methyl sites for hydroxylation is 1. The molecule has 0 bridgehead atoms. The number of carbonyl (C=O) groups is 2. The van der Waals surface area contributed by atoms with Crippen molar-refractivity contribution in [1.29, 1.82) is 0 Å². The highest BCUT2D eigenvalue weighted by Crippen LogP contribution is 2.25. The van der Waals surface area contributed by atoms with Crippen LogP contribution >= 0.6 is 27.5 Å². The fourth-order valence-corrected chi connectivity index (χ4v) is 3.68. The van der Waals surface area contributed by atoms with E-state index in [0.717, 1.165) is 27.1 Å². The normalized spacial score (nSPS) is 11.0. The van der Waals surface area contributed by atoms with Gasteiger partial charge in [-0.25, -0.2) is 10.2 Å². The highest BCUT2D eigenvalue weighted by molar-refractivity contribution is 9.10. The van der Waals surface area contributed by atoms with Gasteiger partial charge < -0.3 is 14.4 Å². The first-order valence-corrected chi connectivity index (χ1v) is 10.4. The van der Waals surface area contributed by atoms with E-state index in [1.165, 1.54) is 6.07 Å². The van der Waals surface area contributed by atoms with E-state index >= 15 is 0 Å². The third-order valence-corrected chi connectivity index (χ3v) is 5.28. The van der Waals surface area contributed by atoms with Crippen LogP contribution in [-0.4, -0.2) is 34.4 Å². The largest absolute Gasteiger partial charge is 0.484 e. The topological polar surface area (TPSA) is 92.9 Å². The van der Waals surface area contributed by atoms with E-state index in [9.17, 15) is 9.59 Å². The minimum atomic E-state index is -1.08. The Balaban J connectivity index is 1.67. The van der Waals surface area contributed by atoms with Crippen molar-refractivity contribution in [2.75, 3.05) is 6.61 Å². The molecule has 7 nitrogen and oxygen atoms in total. The molecule has 1 aromatic heterocycles. The first-order valence-electron chi connectivity index (χ1n) is 9.18. The molecule has 0 aliphatic rings. The van der Waals surface area contributed by atoms with Crippen LogP contribution in [0, 0.1) is 13.8 Å². The molecule has 1 amide bonds. The number of nitrogens with one attached hydrogen (secondary N) is 1. The Kier molecular flexibility index (Phi) is 7.14. The summed E-state index contributed by atoms with van der Waals surface area (Å²) in [6.45, 7) is 3.64. The number of aromatic carboxylic acids is 1. The number of ether oxygens (including phenoxy) is 1. The average Bonchev–Trinajstić information content (AvgIpc) is 2.99. The zero-order valence-corrected chi connectivity index (χ0v) is 19.1. The minimum absolute atomic E-state index is 0.0439. The predicted octanol–water partition coefficient (Wildman–Crippen LogP) is 4.74. The summed E-state index contributed by atoms with van der Waals surface area (Å²) in [5.41, 5.74) is 5.78. The van der Waals surface area contributed by atoms with Crippen molar-refractivity contribution in [3.63, 3.8) is 0 Å². The van der Waals surface area contributed by atoms with Crippen molar-refractivity contribution in [3.8, 4) is 11.4 Å². The smallest absolute Gasteiger partial charge is 0.337 e. The van der Waals surface area contributed by atoms with Gasteiger partial charge in [0.05, 0.1) is 16.8 Å². The van der Waals surface area contributed by atoms with E-state index in [1.54, 1.807) is 30.5 Å². The summed E-state index contributed by atoms with van der Waals surface area (Å²) in [5.74, 6) is -0.893. The van der Waals surface area contributed by atoms with E-state index in [4.69, 9.17) is 21.4 Å². The molecule has 160 valence electrons. The highest BCUT2D eigenvalue weighted by Gasteiger charge is 2.13. The molecule has 0 unspecified atom stereocenters. The lowest BCUT2D eigenvalue weighted by atomic mass is 10.2. The number of rotatable bonds is 7. The average molecular weight is 505 g/mol. The van der Waals surface area contributed by atoms with Gasteiger partial charge in [0.15, 0.2) is 6.61 Å². The van der Waals surface area contributed by atoms with Gasteiger partial charge in [0, 0.05) is 27.1 Å². The van der Waals surface area contributed by atoms with E-state index in [2.05, 4.69) is 26.5 Å². The Bertz CT molecular complexity index is 1170. The molecule has 0 radical (unpaired) electrons. The van der Waals surface area contributed by atoms with Crippen LogP contribution in [0.3, 0.4) is 0 Å². The summed E-state index contributed by atoms with van der Waals surface area (Å²) in [5, 5.41) is 13.3. The lowest BCUT2D eigenvalue weighted by Gasteiger charge is -2.11. The number of hydrogen-bond donors (Lipinski definition) is 2. The number of hydrogen-bond acceptors (Lipinski definition) is 4. The van der Waals surface area contributed by atoms with Crippen LogP contribution in [0.15, 0.2) is 58.1 Å². The van der Waals surface area contributed by atoms with Gasteiger partial charge in [0.2, 0.25) is 0 Å². The maximum Gasteiger partial charge on any atom is 0.337 e. The van der Waals surface area contributed by atoms with E-state index in [1.807, 2.05) is 36.6 Å². The maximum atomic E-state index is 12.0. The molecule has 3 rings (SSSR count). The number of aromatic nitrogens is 1. The fourth-order valence-electron chi connectivity index (χ4n) is 3.04. The van der Waals surface area contributed by atoms with Crippen LogP contribution in [0.1, 0.15) is 27.3 Å². The van der Waals surface area contributed by atoms with E-state index < -0.39 is 5.97 Å². The summed E-state index contributed by atoms with van der Waals surface area (Å²) < 4.78 is 8.21. The van der Waals surface area contributed by atoms with Gasteiger partial charge >= 0.3 is 5.97 Å². The molecule has 2 aromatic carbocycles. The Hall–Kier alpha value is -3.10. The van der Waals surface area contributed by atoms with Crippen LogP contribution in [0.4, 0.5) is 0 Å². The second-order valence-electron chi connectivity index (χ2n) is 6.67. The molecular weight excluding hydrogens is 486 g/mol. The van der Waals surface area contributed by atoms with Crippen molar-refractivity contribution in [3.05, 3.63) is 80.5 Å². The second kappa shape index (κ2) is 9.80. The van der Waals surface area contributed by atoms with E-state index in [-0.39, 0.29) is 23.1 Å². The first kappa shape index (κ1) is 22.6. The molecule has 0 fully saturated rings. The first-order chi connectivity index (χ1) is 14.8. The number of amides is 1. The molecule has 0 spiro atoms. The lowest BCUT2D eigenvalue weighted by molar-refractivity contribution is -0.123. The van der Waals surface area contributed by atoms with Crippen LogP contribution in [0.25, 0.3) is 5.69 Å². The van der Waals surface area contributed by atoms with Crippen LogP contribution < -0.4 is 10.2 Å². The number of carbonyl (C=O) groups excluding carboxylic acids is 1. The lowest BCUT2D eigenvalue weighted by Crippen LogP contribution is -2.24.